The van der Waals surface area contributed by atoms with Gasteiger partial charge in [0.15, 0.2) is 4.96 Å². The first-order chi connectivity index (χ1) is 19.4. The van der Waals surface area contributed by atoms with E-state index in [0.717, 1.165) is 41.8 Å². The Kier molecular flexibility index (Phi) is 7.71. The number of likely N-dealkylation sites (tertiary alicyclic amines) is 1. The van der Waals surface area contributed by atoms with E-state index in [-0.39, 0.29) is 17.8 Å². The van der Waals surface area contributed by atoms with Gasteiger partial charge in [0.2, 0.25) is 0 Å². The Hall–Kier alpha value is -3.12. The van der Waals surface area contributed by atoms with E-state index in [9.17, 15) is 14.3 Å². The molecule has 212 valence electrons. The summed E-state index contributed by atoms with van der Waals surface area (Å²) < 4.78 is 36.8. The molecule has 2 aromatic heterocycles. The average molecular weight is 570 g/mol. The number of imidazole rings is 1. The van der Waals surface area contributed by atoms with Crippen LogP contribution in [-0.2, 0) is 0 Å². The Morgan fingerprint density at radius 2 is 2.10 bits per heavy atom. The van der Waals surface area contributed by atoms with E-state index in [2.05, 4.69) is 20.5 Å². The maximum Gasteiger partial charge on any atom is 0.255 e. The normalized spacial score (nSPS) is 20.5. The van der Waals surface area contributed by atoms with Gasteiger partial charge in [-0.15, -0.1) is 0 Å². The van der Waals surface area contributed by atoms with E-state index in [1.807, 2.05) is 22.6 Å². The van der Waals surface area contributed by atoms with Gasteiger partial charge in [-0.2, -0.15) is 0 Å². The smallest absolute Gasteiger partial charge is 0.255 e. The topological polar surface area (TPSA) is 91.1 Å². The van der Waals surface area contributed by atoms with Gasteiger partial charge in [0.1, 0.15) is 17.7 Å². The van der Waals surface area contributed by atoms with Crippen LogP contribution in [0.4, 0.5) is 8.78 Å². The van der Waals surface area contributed by atoms with Crippen molar-refractivity contribution in [2.75, 3.05) is 39.8 Å². The second-order valence-corrected chi connectivity index (χ2v) is 11.6. The minimum Gasteiger partial charge on any atom is -0.496 e. The Labute approximate surface area is 235 Å². The van der Waals surface area contributed by atoms with Crippen molar-refractivity contribution in [3.05, 3.63) is 53.5 Å². The van der Waals surface area contributed by atoms with Crippen molar-refractivity contribution < 1.29 is 23.4 Å². The van der Waals surface area contributed by atoms with Gasteiger partial charge in [0.25, 0.3) is 5.91 Å². The zero-order valence-electron chi connectivity index (χ0n) is 22.3. The second-order valence-electron chi connectivity index (χ2n) is 10.6. The van der Waals surface area contributed by atoms with E-state index in [0.29, 0.717) is 59.9 Å². The van der Waals surface area contributed by atoms with E-state index < -0.39 is 12.3 Å². The highest BCUT2D eigenvalue weighted by atomic mass is 32.1. The summed E-state index contributed by atoms with van der Waals surface area (Å²) in [5.41, 5.74) is 3.01. The maximum atomic E-state index is 15.1. The summed E-state index contributed by atoms with van der Waals surface area (Å²) in [6.45, 7) is 3.39. The number of ether oxygens (including phenoxy) is 1. The van der Waals surface area contributed by atoms with Gasteiger partial charge in [0, 0.05) is 50.0 Å². The molecule has 4 heterocycles. The maximum absolute atomic E-state index is 15.1. The number of aliphatic hydroxyl groups excluding tert-OH is 1. The van der Waals surface area contributed by atoms with Crippen LogP contribution in [0.5, 0.6) is 5.75 Å². The number of alkyl halides is 1. The standard InChI is InChI=1S/C29H33F2N5O3S/c1-39-26-14-25-27(13-21(26)28(38)32-7-2-8-35-9-5-18(30)6-10-35)40-29-34-24(16-36(25)29)20-4-3-17(11-22(20)31)23-12-19(37)15-33-23/h3-4,11,13-14,16,18-19,23,33,37H,2,5-10,12,15H2,1H3,(H,32,38)/t19-,23-/m1/s1. The number of aromatic nitrogens is 2. The molecule has 2 aliphatic rings. The number of hydrogen-bond donors (Lipinski definition) is 3. The summed E-state index contributed by atoms with van der Waals surface area (Å²) in [4.78, 5) is 20.6. The monoisotopic (exact) mass is 569 g/mol. The number of amides is 1. The molecule has 40 heavy (non-hydrogen) atoms. The van der Waals surface area contributed by atoms with Crippen LogP contribution in [0, 0.1) is 5.82 Å². The molecule has 1 amide bonds. The van der Waals surface area contributed by atoms with Gasteiger partial charge in [0.05, 0.1) is 34.7 Å². The lowest BCUT2D eigenvalue weighted by molar-refractivity contribution is 0.0947. The van der Waals surface area contributed by atoms with Crippen LogP contribution in [0.15, 0.2) is 36.5 Å². The van der Waals surface area contributed by atoms with E-state index in [1.165, 1.54) is 24.5 Å². The van der Waals surface area contributed by atoms with Crippen molar-refractivity contribution in [1.82, 2.24) is 24.9 Å². The molecule has 8 nitrogen and oxygen atoms in total. The minimum absolute atomic E-state index is 0.0629. The molecule has 0 bridgehead atoms. The fraction of sp³-hybridized carbons (Fsp3) is 0.448. The highest BCUT2D eigenvalue weighted by Crippen LogP contribution is 2.35. The van der Waals surface area contributed by atoms with Gasteiger partial charge in [-0.05, 0) is 56.0 Å². The van der Waals surface area contributed by atoms with Gasteiger partial charge < -0.3 is 25.4 Å². The molecule has 2 fully saturated rings. The first-order valence-corrected chi connectivity index (χ1v) is 14.6. The number of β-amino-alcohol motifs (C(OH)–C–C–N with tert-alkyl or cyclic N) is 1. The number of methoxy groups -OCH3 is 1. The summed E-state index contributed by atoms with van der Waals surface area (Å²) in [6.07, 6.45) is 3.22. The largest absolute Gasteiger partial charge is 0.496 e. The molecule has 3 N–H and O–H groups in total. The molecule has 2 saturated heterocycles. The number of carbonyl (C=O) groups is 1. The van der Waals surface area contributed by atoms with Crippen LogP contribution in [0.2, 0.25) is 0 Å². The predicted molar refractivity (Wildman–Crippen MR) is 151 cm³/mol. The Morgan fingerprint density at radius 3 is 2.83 bits per heavy atom. The number of aliphatic hydroxyl groups is 1. The van der Waals surface area contributed by atoms with Crippen LogP contribution < -0.4 is 15.4 Å². The summed E-state index contributed by atoms with van der Waals surface area (Å²) in [7, 11) is 1.53. The first kappa shape index (κ1) is 27.1. The lowest BCUT2D eigenvalue weighted by atomic mass is 10.0. The van der Waals surface area contributed by atoms with Gasteiger partial charge in [-0.3, -0.25) is 9.20 Å². The third-order valence-electron chi connectivity index (χ3n) is 7.89. The van der Waals surface area contributed by atoms with Crippen molar-refractivity contribution in [1.29, 1.82) is 0 Å². The number of nitrogens with zero attached hydrogens (tertiary/aromatic N) is 3. The van der Waals surface area contributed by atoms with E-state index in [1.54, 1.807) is 12.3 Å². The number of fused-ring (bicyclic) bond motifs is 3. The average Bonchev–Trinajstić information content (AvgIpc) is 3.65. The van der Waals surface area contributed by atoms with Crippen LogP contribution in [0.1, 0.15) is 47.6 Å². The van der Waals surface area contributed by atoms with Gasteiger partial charge in [-0.25, -0.2) is 13.8 Å². The van der Waals surface area contributed by atoms with E-state index >= 15 is 4.39 Å². The molecule has 6 rings (SSSR count). The molecule has 2 aromatic carbocycles. The third-order valence-corrected chi connectivity index (χ3v) is 8.91. The fourth-order valence-electron chi connectivity index (χ4n) is 5.65. The Balaban J connectivity index is 1.17. The molecular formula is C29H33F2N5O3S. The molecule has 11 heteroatoms. The summed E-state index contributed by atoms with van der Waals surface area (Å²) in [5.74, 6) is -0.120. The molecule has 0 spiro atoms. The molecule has 0 unspecified atom stereocenters. The minimum atomic E-state index is -0.687. The van der Waals surface area contributed by atoms with E-state index in [4.69, 9.17) is 4.74 Å². The SMILES string of the molecule is COc1cc2c(cc1C(=O)NCCCN1CCC(F)CC1)sc1nc(-c3ccc([C@H]4C[C@@H](O)CN4)cc3F)cn12. The summed E-state index contributed by atoms with van der Waals surface area (Å²) in [6, 6.07) is 8.68. The zero-order valence-corrected chi connectivity index (χ0v) is 23.1. The number of piperidine rings is 1. The summed E-state index contributed by atoms with van der Waals surface area (Å²) >= 11 is 1.42. The number of halogens is 2. The predicted octanol–water partition coefficient (Wildman–Crippen LogP) is 4.31. The van der Waals surface area contributed by atoms with Crippen molar-refractivity contribution >= 4 is 32.4 Å². The number of carbonyl (C=O) groups excluding carboxylic acids is 1. The number of nitrogens with one attached hydrogen (secondary N) is 2. The lowest BCUT2D eigenvalue weighted by Gasteiger charge is -2.28. The van der Waals surface area contributed by atoms with Crippen LogP contribution in [0.3, 0.4) is 0 Å². The highest BCUT2D eigenvalue weighted by molar-refractivity contribution is 7.23. The number of hydrogen-bond acceptors (Lipinski definition) is 7. The number of thiazole rings is 1. The molecule has 4 aromatic rings. The van der Waals surface area contributed by atoms with Crippen LogP contribution in [-0.4, -0.2) is 77.4 Å². The molecular weight excluding hydrogens is 536 g/mol. The van der Waals surface area contributed by atoms with Gasteiger partial charge >= 0.3 is 0 Å². The van der Waals surface area contributed by atoms with Crippen molar-refractivity contribution in [2.24, 2.45) is 0 Å². The second kappa shape index (κ2) is 11.4. The lowest BCUT2D eigenvalue weighted by Crippen LogP contribution is -2.36. The zero-order chi connectivity index (χ0) is 27.8. The number of benzene rings is 2. The molecule has 0 saturated carbocycles. The first-order valence-electron chi connectivity index (χ1n) is 13.7. The number of rotatable bonds is 8. The molecule has 0 radical (unpaired) electrons. The Bertz CT molecular complexity index is 1530. The van der Waals surface area contributed by atoms with Crippen LogP contribution in [0.25, 0.3) is 26.4 Å². The van der Waals surface area contributed by atoms with Crippen molar-refractivity contribution in [3.63, 3.8) is 0 Å². The van der Waals surface area contributed by atoms with Crippen molar-refractivity contribution in [3.8, 4) is 17.0 Å². The molecule has 2 aliphatic heterocycles. The fourth-order valence-corrected chi connectivity index (χ4v) is 6.68. The third kappa shape index (κ3) is 5.43. The van der Waals surface area contributed by atoms with Crippen molar-refractivity contribution in [2.45, 2.75) is 44.0 Å². The van der Waals surface area contributed by atoms with Gasteiger partial charge in [-0.1, -0.05) is 17.4 Å². The summed E-state index contributed by atoms with van der Waals surface area (Å²) in [5, 5.41) is 16.0. The van der Waals surface area contributed by atoms with Crippen LogP contribution >= 0.6 is 11.3 Å². The Morgan fingerprint density at radius 1 is 1.27 bits per heavy atom. The molecule has 2 atom stereocenters. The highest BCUT2D eigenvalue weighted by Gasteiger charge is 2.25. The molecule has 0 aliphatic carbocycles. The quantitative estimate of drug-likeness (QED) is 0.274.